The zero-order chi connectivity index (χ0) is 17.4. The maximum atomic E-state index is 12.2. The molecule has 128 valence electrons. The van der Waals surface area contributed by atoms with Crippen LogP contribution in [0.3, 0.4) is 0 Å². The molecule has 1 saturated heterocycles. The fourth-order valence-corrected chi connectivity index (χ4v) is 3.76. The van der Waals surface area contributed by atoms with E-state index in [9.17, 15) is 4.79 Å². The van der Waals surface area contributed by atoms with Crippen molar-refractivity contribution in [3.8, 4) is 11.5 Å². The highest BCUT2D eigenvalue weighted by molar-refractivity contribution is 8.05. The normalized spacial score (nSPS) is 20.0. The molecule has 0 bridgehead atoms. The predicted molar refractivity (Wildman–Crippen MR) is 99.9 cm³/mol. The minimum absolute atomic E-state index is 0.111. The van der Waals surface area contributed by atoms with Gasteiger partial charge in [-0.05, 0) is 48.4 Å². The van der Waals surface area contributed by atoms with Crippen LogP contribution in [0.4, 0.5) is 5.69 Å². The van der Waals surface area contributed by atoms with Crippen molar-refractivity contribution in [2.45, 2.75) is 12.4 Å². The van der Waals surface area contributed by atoms with Crippen molar-refractivity contribution < 1.29 is 14.3 Å². The summed E-state index contributed by atoms with van der Waals surface area (Å²) < 4.78 is 10.7. The van der Waals surface area contributed by atoms with E-state index in [-0.39, 0.29) is 18.2 Å². The number of halogens is 1. The van der Waals surface area contributed by atoms with Gasteiger partial charge in [0.2, 0.25) is 6.79 Å². The number of hydrogen-bond acceptors (Lipinski definition) is 5. The maximum Gasteiger partial charge on any atom is 0.260 e. The average molecular weight is 375 g/mol. The van der Waals surface area contributed by atoms with E-state index in [1.54, 1.807) is 0 Å². The summed E-state index contributed by atoms with van der Waals surface area (Å²) in [5.74, 6) is 1.31. The van der Waals surface area contributed by atoms with E-state index in [0.29, 0.717) is 15.7 Å². The average Bonchev–Trinajstić information content (AvgIpc) is 3.17. The van der Waals surface area contributed by atoms with Crippen LogP contribution in [-0.4, -0.2) is 18.2 Å². The molecule has 1 unspecified atom stereocenters. The molecule has 0 saturated carbocycles. The van der Waals surface area contributed by atoms with E-state index in [1.165, 1.54) is 11.8 Å². The number of carbonyl (C=O) groups is 1. The smallest absolute Gasteiger partial charge is 0.260 e. The highest BCUT2D eigenvalue weighted by Crippen LogP contribution is 2.35. The van der Waals surface area contributed by atoms with Gasteiger partial charge in [0, 0.05) is 10.7 Å². The van der Waals surface area contributed by atoms with Crippen LogP contribution in [-0.2, 0) is 4.79 Å². The summed E-state index contributed by atoms with van der Waals surface area (Å²) in [7, 11) is 0. The van der Waals surface area contributed by atoms with Crippen LogP contribution in [0, 0.1) is 6.92 Å². The number of hydrogen-bond donors (Lipinski definition) is 2. The van der Waals surface area contributed by atoms with Crippen molar-refractivity contribution in [3.05, 3.63) is 57.5 Å². The van der Waals surface area contributed by atoms with Crippen molar-refractivity contribution in [1.82, 2.24) is 5.32 Å². The molecule has 25 heavy (non-hydrogen) atoms. The van der Waals surface area contributed by atoms with E-state index < -0.39 is 0 Å². The summed E-state index contributed by atoms with van der Waals surface area (Å²) >= 11 is 7.48. The van der Waals surface area contributed by atoms with Gasteiger partial charge in [-0.15, -0.1) is 0 Å². The van der Waals surface area contributed by atoms with Crippen LogP contribution in [0.15, 0.2) is 41.3 Å². The summed E-state index contributed by atoms with van der Waals surface area (Å²) in [5.41, 5.74) is 2.61. The molecule has 5 nitrogen and oxygen atoms in total. The first kappa shape index (κ1) is 16.2. The minimum Gasteiger partial charge on any atom is -0.454 e. The Hall–Kier alpha value is -2.31. The summed E-state index contributed by atoms with van der Waals surface area (Å²) in [4.78, 5) is 12.9. The molecule has 2 N–H and O–H groups in total. The molecule has 2 aromatic rings. The molecule has 2 aliphatic rings. The number of nitrogens with one attached hydrogen (secondary N) is 2. The van der Waals surface area contributed by atoms with Gasteiger partial charge in [0.25, 0.3) is 5.91 Å². The molecule has 2 aromatic carbocycles. The molecule has 0 aromatic heterocycles. The monoisotopic (exact) mass is 374 g/mol. The lowest BCUT2D eigenvalue weighted by molar-refractivity contribution is -0.116. The van der Waals surface area contributed by atoms with Crippen LogP contribution in [0.2, 0.25) is 5.02 Å². The van der Waals surface area contributed by atoms with E-state index in [0.717, 1.165) is 22.6 Å². The van der Waals surface area contributed by atoms with Gasteiger partial charge in [-0.1, -0.05) is 35.5 Å². The Labute approximate surface area is 154 Å². The number of fused-ring (bicyclic) bond motifs is 1. The van der Waals surface area contributed by atoms with Crippen molar-refractivity contribution in [3.63, 3.8) is 0 Å². The van der Waals surface area contributed by atoms with Crippen molar-refractivity contribution >= 4 is 41.0 Å². The molecular formula is C18H15ClN2O3S. The van der Waals surface area contributed by atoms with E-state index >= 15 is 0 Å². The first-order valence-electron chi connectivity index (χ1n) is 7.70. The SMILES string of the molecule is Cc1ccc(Cl)cc1NC1NC(=O)/C(=C/c2ccc3c(c2)OCO3)S1. The second-order valence-corrected chi connectivity index (χ2v) is 7.28. The van der Waals surface area contributed by atoms with Gasteiger partial charge in [-0.25, -0.2) is 0 Å². The summed E-state index contributed by atoms with van der Waals surface area (Å²) in [6.07, 6.45) is 1.84. The fraction of sp³-hybridized carbons (Fsp3) is 0.167. The number of rotatable bonds is 3. The standard InChI is InChI=1S/C18H15ClN2O3S/c1-10-2-4-12(19)8-13(10)20-18-21-17(22)16(25-18)7-11-3-5-14-15(6-11)24-9-23-14/h2-8,18,20H,9H2,1H3,(H,21,22)/b16-7-. The number of benzene rings is 2. The molecule has 1 amide bonds. The highest BCUT2D eigenvalue weighted by Gasteiger charge is 2.27. The molecule has 0 radical (unpaired) electrons. The highest BCUT2D eigenvalue weighted by atomic mass is 35.5. The lowest BCUT2D eigenvalue weighted by atomic mass is 10.2. The summed E-state index contributed by atoms with van der Waals surface area (Å²) in [5, 5.41) is 6.87. The first-order chi connectivity index (χ1) is 12.1. The second kappa shape index (κ2) is 6.54. The lowest BCUT2D eigenvalue weighted by Crippen LogP contribution is -2.31. The number of ether oxygens (including phenoxy) is 2. The van der Waals surface area contributed by atoms with E-state index in [2.05, 4.69) is 10.6 Å². The molecule has 2 heterocycles. The van der Waals surface area contributed by atoms with Crippen LogP contribution in [0.25, 0.3) is 6.08 Å². The largest absolute Gasteiger partial charge is 0.454 e. The van der Waals surface area contributed by atoms with Gasteiger partial charge in [0.15, 0.2) is 17.0 Å². The Morgan fingerprint density at radius 1 is 1.24 bits per heavy atom. The number of thioether (sulfide) groups is 1. The van der Waals surface area contributed by atoms with Crippen molar-refractivity contribution in [2.24, 2.45) is 0 Å². The molecule has 0 aliphatic carbocycles. The Morgan fingerprint density at radius 2 is 2.08 bits per heavy atom. The Morgan fingerprint density at radius 3 is 2.96 bits per heavy atom. The molecule has 1 atom stereocenters. The quantitative estimate of drug-likeness (QED) is 0.796. The van der Waals surface area contributed by atoms with Gasteiger partial charge in [0.05, 0.1) is 4.91 Å². The summed E-state index contributed by atoms with van der Waals surface area (Å²) in [6, 6.07) is 11.2. The maximum absolute atomic E-state index is 12.2. The number of amides is 1. The molecular weight excluding hydrogens is 360 g/mol. The molecule has 1 fully saturated rings. The third kappa shape index (κ3) is 3.41. The third-order valence-corrected chi connectivity index (χ3v) is 5.18. The van der Waals surface area contributed by atoms with Crippen molar-refractivity contribution in [2.75, 3.05) is 12.1 Å². The van der Waals surface area contributed by atoms with Gasteiger partial charge >= 0.3 is 0 Å². The van der Waals surface area contributed by atoms with Gasteiger partial charge in [-0.2, -0.15) is 0 Å². The summed E-state index contributed by atoms with van der Waals surface area (Å²) in [6.45, 7) is 2.22. The van der Waals surface area contributed by atoms with Crippen LogP contribution in [0.5, 0.6) is 11.5 Å². The van der Waals surface area contributed by atoms with Gasteiger partial charge in [0.1, 0.15) is 0 Å². The van der Waals surface area contributed by atoms with Crippen LogP contribution >= 0.6 is 23.4 Å². The number of carbonyl (C=O) groups excluding carboxylic acids is 1. The van der Waals surface area contributed by atoms with Crippen molar-refractivity contribution in [1.29, 1.82) is 0 Å². The van der Waals surface area contributed by atoms with E-state index in [4.69, 9.17) is 21.1 Å². The molecule has 4 rings (SSSR count). The van der Waals surface area contributed by atoms with Gasteiger partial charge < -0.3 is 20.1 Å². The Balaban J connectivity index is 1.51. The molecule has 7 heteroatoms. The molecule has 2 aliphatic heterocycles. The Bertz CT molecular complexity index is 885. The fourth-order valence-electron chi connectivity index (χ4n) is 2.61. The topological polar surface area (TPSA) is 59.6 Å². The van der Waals surface area contributed by atoms with E-state index in [1.807, 2.05) is 49.4 Å². The zero-order valence-electron chi connectivity index (χ0n) is 13.3. The predicted octanol–water partition coefficient (Wildman–Crippen LogP) is 3.98. The minimum atomic E-state index is -0.245. The number of aryl methyl sites for hydroxylation is 1. The zero-order valence-corrected chi connectivity index (χ0v) is 14.9. The Kier molecular flexibility index (Phi) is 4.23. The molecule has 0 spiro atoms. The second-order valence-electron chi connectivity index (χ2n) is 5.70. The lowest BCUT2D eigenvalue weighted by Gasteiger charge is -2.15. The van der Waals surface area contributed by atoms with Crippen LogP contribution in [0.1, 0.15) is 11.1 Å². The first-order valence-corrected chi connectivity index (χ1v) is 8.96. The third-order valence-electron chi connectivity index (χ3n) is 3.91. The number of anilines is 1. The van der Waals surface area contributed by atoms with Crippen LogP contribution < -0.4 is 20.1 Å². The van der Waals surface area contributed by atoms with Gasteiger partial charge in [-0.3, -0.25) is 4.79 Å².